The molecular weight excluding hydrogens is 420 g/mol. The van der Waals surface area contributed by atoms with E-state index in [0.29, 0.717) is 44.7 Å². The highest BCUT2D eigenvalue weighted by Crippen LogP contribution is 2.37. The van der Waals surface area contributed by atoms with E-state index in [9.17, 15) is 0 Å². The Labute approximate surface area is 185 Å². The molecule has 9 heteroatoms. The van der Waals surface area contributed by atoms with Gasteiger partial charge in [-0.15, -0.1) is 0 Å². The highest BCUT2D eigenvalue weighted by atomic mass is 28.4. The molecule has 0 aliphatic rings. The quantitative estimate of drug-likeness (QED) is 0.250. The molecule has 176 valence electrons. The first-order valence-electron chi connectivity index (χ1n) is 11.6. The zero-order valence-corrected chi connectivity index (χ0v) is 24.4. The third kappa shape index (κ3) is 12.1. The Morgan fingerprint density at radius 2 is 0.793 bits per heavy atom. The molecule has 0 saturated heterocycles. The first kappa shape index (κ1) is 29.4. The number of hydrogen-bond acceptors (Lipinski definition) is 6. The summed E-state index contributed by atoms with van der Waals surface area (Å²) in [5.41, 5.74) is 0. The van der Waals surface area contributed by atoms with Crippen molar-refractivity contribution in [3.05, 3.63) is 0 Å². The standard InChI is InChI=1S/C20H48O6Si3/c1-8-21-28(22-9-2,23-10-3)18-14-16-20(7,27)17-15-19-29(24-11-4,25-12-5)26-13-6/h8-19H2,1-7,27H3. The minimum absolute atomic E-state index is 0.371. The Bertz CT molecular complexity index is 330. The second-order valence-electron chi connectivity index (χ2n) is 7.84. The molecule has 0 amide bonds. The topological polar surface area (TPSA) is 55.4 Å². The van der Waals surface area contributed by atoms with Gasteiger partial charge in [-0.05, 0) is 59.4 Å². The summed E-state index contributed by atoms with van der Waals surface area (Å²) in [5.74, 6) is 0. The predicted molar refractivity (Wildman–Crippen MR) is 128 cm³/mol. The van der Waals surface area contributed by atoms with E-state index in [2.05, 4.69) is 6.92 Å². The Kier molecular flexibility index (Phi) is 16.3. The van der Waals surface area contributed by atoms with Gasteiger partial charge in [0.15, 0.2) is 0 Å². The summed E-state index contributed by atoms with van der Waals surface area (Å²) in [6.45, 7) is 18.3. The second-order valence-corrected chi connectivity index (χ2v) is 15.7. The maximum atomic E-state index is 5.99. The lowest BCUT2D eigenvalue weighted by molar-refractivity contribution is 0.0703. The van der Waals surface area contributed by atoms with E-state index in [4.69, 9.17) is 26.6 Å². The Morgan fingerprint density at radius 1 is 0.552 bits per heavy atom. The maximum Gasteiger partial charge on any atom is 0.500 e. The molecule has 0 aliphatic heterocycles. The molecule has 0 fully saturated rings. The van der Waals surface area contributed by atoms with Gasteiger partial charge in [-0.1, -0.05) is 19.8 Å². The number of hydrogen-bond donors (Lipinski definition) is 0. The van der Waals surface area contributed by atoms with Crippen LogP contribution in [0.4, 0.5) is 0 Å². The van der Waals surface area contributed by atoms with Gasteiger partial charge in [0.1, 0.15) is 0 Å². The van der Waals surface area contributed by atoms with Crippen LogP contribution >= 0.6 is 0 Å². The molecule has 0 aromatic heterocycles. The fourth-order valence-electron chi connectivity index (χ4n) is 3.69. The van der Waals surface area contributed by atoms with Gasteiger partial charge in [0.25, 0.3) is 0 Å². The minimum Gasteiger partial charge on any atom is -0.374 e. The van der Waals surface area contributed by atoms with Crippen LogP contribution in [0.3, 0.4) is 0 Å². The van der Waals surface area contributed by atoms with Crippen LogP contribution in [0.1, 0.15) is 74.1 Å². The molecule has 0 rings (SSSR count). The zero-order chi connectivity index (χ0) is 22.2. The van der Waals surface area contributed by atoms with E-state index in [1.54, 1.807) is 0 Å². The highest BCUT2D eigenvalue weighted by molar-refractivity contribution is 6.61. The lowest BCUT2D eigenvalue weighted by Crippen LogP contribution is -2.46. The molecule has 0 saturated carbocycles. The van der Waals surface area contributed by atoms with Gasteiger partial charge >= 0.3 is 17.6 Å². The summed E-state index contributed by atoms with van der Waals surface area (Å²) in [5, 5.41) is 0.371. The third-order valence-corrected chi connectivity index (χ3v) is 12.2. The molecule has 0 heterocycles. The van der Waals surface area contributed by atoms with Crippen LogP contribution < -0.4 is 0 Å². The molecule has 0 aromatic rings. The molecule has 0 atom stereocenters. The molecule has 6 nitrogen and oxygen atoms in total. The Morgan fingerprint density at radius 3 is 1.00 bits per heavy atom. The summed E-state index contributed by atoms with van der Waals surface area (Å²) in [6.07, 6.45) is 4.51. The van der Waals surface area contributed by atoms with Crippen molar-refractivity contribution in [2.75, 3.05) is 39.6 Å². The van der Waals surface area contributed by atoms with Gasteiger partial charge < -0.3 is 26.6 Å². The van der Waals surface area contributed by atoms with Crippen molar-refractivity contribution in [3.63, 3.8) is 0 Å². The van der Waals surface area contributed by atoms with E-state index in [1.807, 2.05) is 41.5 Å². The second kappa shape index (κ2) is 16.1. The SMILES string of the molecule is CCO[Si](CCCC(C)([SiH3])CCC[Si](OCC)(OCC)OCC)(OCC)OCC. The van der Waals surface area contributed by atoms with E-state index in [0.717, 1.165) is 35.2 Å². The normalized spacial score (nSPS) is 13.3. The molecule has 0 aliphatic carbocycles. The van der Waals surface area contributed by atoms with Crippen LogP contribution in [0.2, 0.25) is 17.1 Å². The van der Waals surface area contributed by atoms with Gasteiger partial charge in [0, 0.05) is 62.0 Å². The molecular formula is C20H48O6Si3. The van der Waals surface area contributed by atoms with E-state index < -0.39 is 17.6 Å². The van der Waals surface area contributed by atoms with Crippen LogP contribution in [0.25, 0.3) is 0 Å². The van der Waals surface area contributed by atoms with Gasteiger partial charge in [0.05, 0.1) is 0 Å². The van der Waals surface area contributed by atoms with Gasteiger partial charge in [0.2, 0.25) is 0 Å². The van der Waals surface area contributed by atoms with Crippen molar-refractivity contribution in [1.29, 1.82) is 0 Å². The average Bonchev–Trinajstić information content (AvgIpc) is 2.63. The van der Waals surface area contributed by atoms with Crippen LogP contribution in [-0.4, -0.2) is 67.5 Å². The fourth-order valence-corrected chi connectivity index (χ4v) is 9.63. The largest absolute Gasteiger partial charge is 0.500 e. The number of rotatable bonds is 20. The van der Waals surface area contributed by atoms with Crippen LogP contribution in [0.15, 0.2) is 0 Å². The van der Waals surface area contributed by atoms with E-state index in [-0.39, 0.29) is 0 Å². The monoisotopic (exact) mass is 468 g/mol. The maximum absolute atomic E-state index is 5.99. The van der Waals surface area contributed by atoms with E-state index in [1.165, 1.54) is 12.8 Å². The van der Waals surface area contributed by atoms with Crippen LogP contribution in [0, 0.1) is 0 Å². The Balaban J connectivity index is 4.69. The summed E-state index contributed by atoms with van der Waals surface area (Å²) >= 11 is 0. The third-order valence-electron chi connectivity index (χ3n) is 4.86. The van der Waals surface area contributed by atoms with Gasteiger partial charge in [-0.25, -0.2) is 0 Å². The molecule has 29 heavy (non-hydrogen) atoms. The van der Waals surface area contributed by atoms with Gasteiger partial charge in [-0.3, -0.25) is 0 Å². The fraction of sp³-hybridized carbons (Fsp3) is 1.00. The first-order chi connectivity index (χ1) is 13.8. The zero-order valence-electron chi connectivity index (χ0n) is 20.4. The van der Waals surface area contributed by atoms with Crippen molar-refractivity contribution in [2.45, 2.75) is 91.3 Å². The van der Waals surface area contributed by atoms with Crippen molar-refractivity contribution in [3.8, 4) is 0 Å². The van der Waals surface area contributed by atoms with Crippen molar-refractivity contribution >= 4 is 27.9 Å². The molecule has 0 spiro atoms. The Hall–Kier alpha value is 0.411. The van der Waals surface area contributed by atoms with Gasteiger partial charge in [-0.2, -0.15) is 0 Å². The first-order valence-corrected chi connectivity index (χ1v) is 16.5. The minimum atomic E-state index is -2.53. The molecule has 0 radical (unpaired) electrons. The van der Waals surface area contributed by atoms with Crippen LogP contribution in [-0.2, 0) is 26.6 Å². The molecule has 0 N–H and O–H groups in total. The summed E-state index contributed by atoms with van der Waals surface area (Å²) < 4.78 is 36.0. The lowest BCUT2D eigenvalue weighted by Gasteiger charge is -2.32. The smallest absolute Gasteiger partial charge is 0.374 e. The highest BCUT2D eigenvalue weighted by Gasteiger charge is 2.41. The van der Waals surface area contributed by atoms with E-state index >= 15 is 0 Å². The molecule has 0 bridgehead atoms. The van der Waals surface area contributed by atoms with Crippen molar-refractivity contribution in [1.82, 2.24) is 0 Å². The summed E-state index contributed by atoms with van der Waals surface area (Å²) in [4.78, 5) is 0. The van der Waals surface area contributed by atoms with Crippen molar-refractivity contribution < 1.29 is 26.6 Å². The van der Waals surface area contributed by atoms with Crippen molar-refractivity contribution in [2.24, 2.45) is 0 Å². The molecule has 0 unspecified atom stereocenters. The summed E-state index contributed by atoms with van der Waals surface area (Å²) in [6, 6.07) is 1.80. The lowest BCUT2D eigenvalue weighted by atomic mass is 9.99. The summed E-state index contributed by atoms with van der Waals surface area (Å²) in [7, 11) is -3.90. The molecule has 0 aromatic carbocycles. The average molecular weight is 469 g/mol. The predicted octanol–water partition coefficient (Wildman–Crippen LogP) is 4.19. The van der Waals surface area contributed by atoms with Crippen LogP contribution in [0.5, 0.6) is 0 Å².